The van der Waals surface area contributed by atoms with Crippen molar-refractivity contribution in [2.75, 3.05) is 26.8 Å². The van der Waals surface area contributed by atoms with Gasteiger partial charge in [-0.3, -0.25) is 4.79 Å². The number of halogens is 1. The maximum absolute atomic E-state index is 11.4. The van der Waals surface area contributed by atoms with Crippen LogP contribution in [0.15, 0.2) is 53.3 Å². The summed E-state index contributed by atoms with van der Waals surface area (Å²) >= 11 is 6.14. The molecule has 1 fully saturated rings. The smallest absolute Gasteiger partial charge is 0.248 e. The Morgan fingerprint density at radius 3 is 2.90 bits per heavy atom. The Bertz CT molecular complexity index is 1050. The van der Waals surface area contributed by atoms with Gasteiger partial charge in [0.1, 0.15) is 11.5 Å². The van der Waals surface area contributed by atoms with Crippen molar-refractivity contribution in [3.05, 3.63) is 69.5 Å². The molecule has 0 radical (unpaired) electrons. The molecule has 2 N–H and O–H groups in total. The van der Waals surface area contributed by atoms with Crippen LogP contribution >= 0.6 is 11.6 Å². The lowest BCUT2D eigenvalue weighted by atomic mass is 10.1. The number of rotatable bonds is 9. The lowest BCUT2D eigenvalue weighted by Crippen LogP contribution is -2.20. The van der Waals surface area contributed by atoms with Crippen molar-refractivity contribution >= 4 is 22.5 Å². The van der Waals surface area contributed by atoms with Crippen molar-refractivity contribution in [2.24, 2.45) is 5.92 Å². The van der Waals surface area contributed by atoms with E-state index in [0.29, 0.717) is 18.4 Å². The molecule has 0 bridgehead atoms. The molecule has 1 saturated carbocycles. The third kappa shape index (κ3) is 4.92. The summed E-state index contributed by atoms with van der Waals surface area (Å²) < 4.78 is 11.3. The summed E-state index contributed by atoms with van der Waals surface area (Å²) in [7, 11) is 1.70. The summed E-state index contributed by atoms with van der Waals surface area (Å²) in [6.45, 7) is 2.52. The van der Waals surface area contributed by atoms with Crippen LogP contribution in [0.25, 0.3) is 10.9 Å². The van der Waals surface area contributed by atoms with Crippen molar-refractivity contribution in [1.82, 2.24) is 10.3 Å². The van der Waals surface area contributed by atoms with Gasteiger partial charge in [-0.15, -0.1) is 0 Å². The first-order valence-electron chi connectivity index (χ1n) is 9.94. The molecule has 1 aliphatic rings. The quantitative estimate of drug-likeness (QED) is 0.513. The van der Waals surface area contributed by atoms with Crippen LogP contribution in [-0.4, -0.2) is 31.8 Å². The number of aromatic nitrogens is 1. The second kappa shape index (κ2) is 8.89. The van der Waals surface area contributed by atoms with Gasteiger partial charge in [-0.25, -0.2) is 0 Å². The molecular weight excluding hydrogens is 388 g/mol. The van der Waals surface area contributed by atoms with Gasteiger partial charge in [-0.05, 0) is 85.1 Å². The van der Waals surface area contributed by atoms with Crippen LogP contribution in [0.1, 0.15) is 24.3 Å². The predicted molar refractivity (Wildman–Crippen MR) is 116 cm³/mol. The zero-order chi connectivity index (χ0) is 20.2. The number of hydrogen-bond acceptors (Lipinski definition) is 4. The number of aromatic amines is 1. The largest absolute Gasteiger partial charge is 0.496 e. The Labute approximate surface area is 175 Å². The number of fused-ring (bicyclic) bond motifs is 1. The molecule has 152 valence electrons. The van der Waals surface area contributed by atoms with E-state index in [1.165, 1.54) is 11.6 Å². The van der Waals surface area contributed by atoms with Crippen molar-refractivity contribution < 1.29 is 9.47 Å². The third-order valence-electron chi connectivity index (χ3n) is 5.38. The molecule has 3 aromatic rings. The van der Waals surface area contributed by atoms with E-state index < -0.39 is 0 Å². The summed E-state index contributed by atoms with van der Waals surface area (Å²) in [6, 6.07) is 14.9. The maximum atomic E-state index is 11.4. The number of hydrogen-bond donors (Lipinski definition) is 2. The molecule has 2 atom stereocenters. The second-order valence-corrected chi connectivity index (χ2v) is 7.90. The van der Waals surface area contributed by atoms with Gasteiger partial charge < -0.3 is 19.8 Å². The molecule has 29 heavy (non-hydrogen) atoms. The van der Waals surface area contributed by atoms with E-state index in [0.717, 1.165) is 53.4 Å². The minimum Gasteiger partial charge on any atom is -0.496 e. The number of methoxy groups -OCH3 is 1. The second-order valence-electron chi connectivity index (χ2n) is 7.47. The summed E-state index contributed by atoms with van der Waals surface area (Å²) in [4.78, 5) is 14.3. The monoisotopic (exact) mass is 412 g/mol. The molecule has 5 nitrogen and oxygen atoms in total. The fourth-order valence-electron chi connectivity index (χ4n) is 3.74. The highest BCUT2D eigenvalue weighted by molar-refractivity contribution is 6.30. The normalized spacial score (nSPS) is 18.0. The number of benzene rings is 2. The minimum atomic E-state index is -0.104. The number of nitrogens with one attached hydrogen (secondary N) is 2. The first-order valence-corrected chi connectivity index (χ1v) is 10.3. The van der Waals surface area contributed by atoms with Gasteiger partial charge >= 0.3 is 0 Å². The third-order valence-corrected chi connectivity index (χ3v) is 5.62. The van der Waals surface area contributed by atoms with Crippen LogP contribution in [0, 0.1) is 5.92 Å². The molecule has 0 unspecified atom stereocenters. The van der Waals surface area contributed by atoms with Gasteiger partial charge in [0.25, 0.3) is 0 Å². The minimum absolute atomic E-state index is 0.104. The Balaban J connectivity index is 1.18. The van der Waals surface area contributed by atoms with Gasteiger partial charge in [0.05, 0.1) is 19.2 Å². The SMILES string of the molecule is COc1ccc(Cl)cc1[C@H]1C[C@@H]1CNCCCOc1ccc2ccc(=O)[nH]c2c1. The van der Waals surface area contributed by atoms with Gasteiger partial charge in [-0.1, -0.05) is 11.6 Å². The molecule has 4 rings (SSSR count). The molecule has 1 aliphatic carbocycles. The standard InChI is InChI=1S/C23H25ClN2O3/c1-28-22-7-5-17(24)12-20(22)19-11-16(19)14-25-9-2-10-29-18-6-3-15-4-8-23(27)26-21(15)13-18/h3-8,12-13,16,19,25H,2,9-11,14H2,1H3,(H,26,27)/t16-,19+/m1/s1. The van der Waals surface area contributed by atoms with Gasteiger partial charge in [-0.2, -0.15) is 0 Å². The van der Waals surface area contributed by atoms with E-state index in [4.69, 9.17) is 21.1 Å². The topological polar surface area (TPSA) is 63.4 Å². The van der Waals surface area contributed by atoms with E-state index in [1.54, 1.807) is 7.11 Å². The first kappa shape index (κ1) is 19.8. The Morgan fingerprint density at radius 2 is 2.03 bits per heavy atom. The molecule has 0 saturated heterocycles. The fraction of sp³-hybridized carbons (Fsp3) is 0.348. The fourth-order valence-corrected chi connectivity index (χ4v) is 3.92. The Hall–Kier alpha value is -2.50. The van der Waals surface area contributed by atoms with E-state index in [-0.39, 0.29) is 5.56 Å². The zero-order valence-corrected chi connectivity index (χ0v) is 17.2. The highest BCUT2D eigenvalue weighted by Crippen LogP contribution is 2.50. The molecular formula is C23H25ClN2O3. The number of ether oxygens (including phenoxy) is 2. The average molecular weight is 413 g/mol. The van der Waals surface area contributed by atoms with Crippen molar-refractivity contribution in [1.29, 1.82) is 0 Å². The molecule has 1 aromatic heterocycles. The van der Waals surface area contributed by atoms with Crippen LogP contribution in [0.3, 0.4) is 0 Å². The van der Waals surface area contributed by atoms with Crippen molar-refractivity contribution in [2.45, 2.75) is 18.8 Å². The summed E-state index contributed by atoms with van der Waals surface area (Å²) in [5.74, 6) is 2.84. The van der Waals surface area contributed by atoms with Crippen LogP contribution < -0.4 is 20.3 Å². The highest BCUT2D eigenvalue weighted by atomic mass is 35.5. The van der Waals surface area contributed by atoms with Crippen LogP contribution in [0.5, 0.6) is 11.5 Å². The van der Waals surface area contributed by atoms with Gasteiger partial charge in [0.15, 0.2) is 0 Å². The highest BCUT2D eigenvalue weighted by Gasteiger charge is 2.39. The molecule has 1 heterocycles. The van der Waals surface area contributed by atoms with Crippen molar-refractivity contribution in [3.63, 3.8) is 0 Å². The van der Waals surface area contributed by atoms with E-state index >= 15 is 0 Å². The van der Waals surface area contributed by atoms with E-state index in [9.17, 15) is 4.79 Å². The summed E-state index contributed by atoms with van der Waals surface area (Å²) in [5, 5.41) is 5.27. The van der Waals surface area contributed by atoms with E-state index in [2.05, 4.69) is 10.3 Å². The lowest BCUT2D eigenvalue weighted by molar-refractivity contribution is 0.308. The van der Waals surface area contributed by atoms with Crippen molar-refractivity contribution in [3.8, 4) is 11.5 Å². The van der Waals surface area contributed by atoms with E-state index in [1.807, 2.05) is 42.5 Å². The summed E-state index contributed by atoms with van der Waals surface area (Å²) in [5.41, 5.74) is 1.90. The molecule has 2 aromatic carbocycles. The Kier molecular flexibility index (Phi) is 6.07. The summed E-state index contributed by atoms with van der Waals surface area (Å²) in [6.07, 6.45) is 2.08. The maximum Gasteiger partial charge on any atom is 0.248 e. The predicted octanol–water partition coefficient (Wildman–Crippen LogP) is 4.35. The molecule has 6 heteroatoms. The Morgan fingerprint density at radius 1 is 1.17 bits per heavy atom. The molecule has 0 aliphatic heterocycles. The first-order chi connectivity index (χ1) is 14.1. The number of pyridine rings is 1. The van der Waals surface area contributed by atoms with Crippen LogP contribution in [0.4, 0.5) is 0 Å². The average Bonchev–Trinajstić information content (AvgIpc) is 3.49. The molecule has 0 amide bonds. The van der Waals surface area contributed by atoms with Crippen LogP contribution in [-0.2, 0) is 0 Å². The van der Waals surface area contributed by atoms with Crippen LogP contribution in [0.2, 0.25) is 5.02 Å². The van der Waals surface area contributed by atoms with Gasteiger partial charge in [0, 0.05) is 17.2 Å². The molecule has 0 spiro atoms. The lowest BCUT2D eigenvalue weighted by Gasteiger charge is -2.10. The van der Waals surface area contributed by atoms with Gasteiger partial charge in [0.2, 0.25) is 5.56 Å². The zero-order valence-electron chi connectivity index (χ0n) is 16.4. The number of H-pyrrole nitrogens is 1.